The Kier molecular flexibility index (Phi) is 8.30. The molecule has 0 atom stereocenters. The van der Waals surface area contributed by atoms with Crippen LogP contribution in [-0.4, -0.2) is 18.9 Å². The molecule has 0 unspecified atom stereocenters. The van der Waals surface area contributed by atoms with Crippen LogP contribution in [-0.2, 0) is 9.53 Å². The summed E-state index contributed by atoms with van der Waals surface area (Å²) in [4.78, 5) is 11.3. The van der Waals surface area contributed by atoms with Crippen molar-refractivity contribution in [3.05, 3.63) is 103 Å². The molecule has 3 aromatic rings. The van der Waals surface area contributed by atoms with Crippen LogP contribution >= 0.6 is 6.89 Å². The van der Waals surface area contributed by atoms with E-state index in [9.17, 15) is 4.79 Å². The lowest BCUT2D eigenvalue weighted by molar-refractivity contribution is -0.140. The molecule has 154 valence electrons. The average Bonchev–Trinajstić information content (AvgIpc) is 2.82. The highest BCUT2D eigenvalue weighted by Crippen LogP contribution is 2.43. The van der Waals surface area contributed by atoms with Crippen LogP contribution in [0.1, 0.15) is 25.7 Å². The van der Waals surface area contributed by atoms with Gasteiger partial charge in [0.15, 0.2) is 0 Å². The van der Waals surface area contributed by atoms with Crippen LogP contribution in [0.4, 0.5) is 0 Å². The molecule has 0 aromatic heterocycles. The summed E-state index contributed by atoms with van der Waals surface area (Å²) >= 11 is 0. The second kappa shape index (κ2) is 11.4. The largest absolute Gasteiger partial charge is 0.469 e. The van der Waals surface area contributed by atoms with Crippen molar-refractivity contribution in [3.63, 3.8) is 0 Å². The number of esters is 1. The maximum Gasteiger partial charge on any atom is 0.305 e. The van der Waals surface area contributed by atoms with E-state index in [0.29, 0.717) is 6.42 Å². The molecule has 0 N–H and O–H groups in total. The van der Waals surface area contributed by atoms with Gasteiger partial charge in [0.1, 0.15) is 0 Å². The highest BCUT2D eigenvalue weighted by Gasteiger charge is 2.23. The Balaban J connectivity index is 1.97. The van der Waals surface area contributed by atoms with Crippen molar-refractivity contribution in [1.82, 2.24) is 0 Å². The van der Waals surface area contributed by atoms with Crippen molar-refractivity contribution in [2.45, 2.75) is 25.7 Å². The molecule has 30 heavy (non-hydrogen) atoms. The van der Waals surface area contributed by atoms with E-state index in [1.807, 2.05) is 0 Å². The van der Waals surface area contributed by atoms with Gasteiger partial charge in [-0.2, -0.15) is 0 Å². The van der Waals surface area contributed by atoms with E-state index >= 15 is 0 Å². The number of rotatable bonds is 9. The van der Waals surface area contributed by atoms with Crippen LogP contribution in [0.15, 0.2) is 103 Å². The Morgan fingerprint density at radius 2 is 1.23 bits per heavy atom. The molecule has 3 aromatic carbocycles. The third-order valence-electron chi connectivity index (χ3n) is 5.15. The molecule has 0 amide bonds. The predicted octanol–water partition coefficient (Wildman–Crippen LogP) is 5.07. The average molecular weight is 417 g/mol. The van der Waals surface area contributed by atoms with Crippen LogP contribution in [0.2, 0.25) is 0 Å². The lowest BCUT2D eigenvalue weighted by atomic mass is 10.2. The molecule has 0 aliphatic rings. The summed E-state index contributed by atoms with van der Waals surface area (Å²) in [6.07, 6.45) is 7.45. The monoisotopic (exact) mass is 416 g/mol. The number of hydrogen-bond donors (Lipinski definition) is 0. The van der Waals surface area contributed by atoms with Crippen LogP contribution in [0.3, 0.4) is 0 Å². The zero-order chi connectivity index (χ0) is 21.1. The van der Waals surface area contributed by atoms with Crippen LogP contribution in [0.5, 0.6) is 0 Å². The molecular weight excluding hydrogens is 387 g/mol. The number of unbranched alkanes of at least 4 members (excludes halogenated alkanes) is 1. The van der Waals surface area contributed by atoms with Crippen molar-refractivity contribution in [2.24, 2.45) is 0 Å². The summed E-state index contributed by atoms with van der Waals surface area (Å²) in [5.74, 6) is 2.36. The van der Waals surface area contributed by atoms with E-state index in [1.165, 1.54) is 23.0 Å². The zero-order valence-corrected chi connectivity index (χ0v) is 18.4. The molecule has 0 saturated heterocycles. The molecular formula is C27H29O2P. The van der Waals surface area contributed by atoms with Gasteiger partial charge in [0, 0.05) is 6.42 Å². The van der Waals surface area contributed by atoms with E-state index in [-0.39, 0.29) is 5.97 Å². The third-order valence-corrected chi connectivity index (χ3v) is 9.25. The minimum absolute atomic E-state index is 0.142. The maximum absolute atomic E-state index is 11.3. The van der Waals surface area contributed by atoms with Gasteiger partial charge in [0.05, 0.1) is 7.11 Å². The summed E-state index contributed by atoms with van der Waals surface area (Å²) in [6, 6.07) is 32.6. The Labute approximate surface area is 180 Å². The molecule has 0 saturated carbocycles. The molecule has 2 nitrogen and oxygen atoms in total. The molecule has 0 fully saturated rings. The number of benzene rings is 3. The number of methoxy groups -OCH3 is 1. The molecule has 0 heterocycles. The first kappa shape index (κ1) is 21.9. The highest BCUT2D eigenvalue weighted by atomic mass is 31.2. The van der Waals surface area contributed by atoms with Gasteiger partial charge in [0.25, 0.3) is 0 Å². The minimum Gasteiger partial charge on any atom is -0.469 e. The van der Waals surface area contributed by atoms with Gasteiger partial charge in [0.2, 0.25) is 0 Å². The van der Waals surface area contributed by atoms with Crippen LogP contribution < -0.4 is 15.9 Å². The SMILES string of the molecule is COC(=O)CCC/C=C/CC=P(c1ccccc1)(c1ccccc1)c1ccccc1. The molecule has 0 bridgehead atoms. The smallest absolute Gasteiger partial charge is 0.305 e. The van der Waals surface area contributed by atoms with E-state index in [0.717, 1.165) is 19.3 Å². The quantitative estimate of drug-likeness (QED) is 0.211. The Bertz CT molecular complexity index is 889. The second-order valence-electron chi connectivity index (χ2n) is 7.09. The number of ether oxygens (including phenoxy) is 1. The number of hydrogen-bond acceptors (Lipinski definition) is 2. The van der Waals surface area contributed by atoms with Crippen molar-refractivity contribution >= 4 is 34.6 Å². The van der Waals surface area contributed by atoms with Crippen molar-refractivity contribution < 1.29 is 9.53 Å². The Morgan fingerprint density at radius 3 is 1.67 bits per heavy atom. The summed E-state index contributed by atoms with van der Waals surface area (Å²) in [7, 11) is 1.44. The lowest BCUT2D eigenvalue weighted by Crippen LogP contribution is -2.26. The summed E-state index contributed by atoms with van der Waals surface area (Å²) in [5, 5.41) is 4.09. The zero-order valence-electron chi connectivity index (χ0n) is 17.5. The van der Waals surface area contributed by atoms with Gasteiger partial charge < -0.3 is 4.74 Å². The fourth-order valence-electron chi connectivity index (χ4n) is 3.65. The number of carbonyl (C=O) groups is 1. The van der Waals surface area contributed by atoms with Gasteiger partial charge in [-0.3, -0.25) is 4.79 Å². The lowest BCUT2D eigenvalue weighted by Gasteiger charge is -2.28. The van der Waals surface area contributed by atoms with Gasteiger partial charge in [-0.1, -0.05) is 109 Å². The van der Waals surface area contributed by atoms with E-state index in [2.05, 4.69) is 109 Å². The summed E-state index contributed by atoms with van der Waals surface area (Å²) in [5.41, 5.74) is 0. The second-order valence-corrected chi connectivity index (χ2v) is 10.4. The number of allylic oxidation sites excluding steroid dienone is 2. The molecule has 0 spiro atoms. The van der Waals surface area contributed by atoms with Gasteiger partial charge >= 0.3 is 5.97 Å². The van der Waals surface area contributed by atoms with Crippen molar-refractivity contribution in [3.8, 4) is 0 Å². The van der Waals surface area contributed by atoms with E-state index in [1.54, 1.807) is 0 Å². The molecule has 3 heteroatoms. The van der Waals surface area contributed by atoms with Crippen LogP contribution in [0.25, 0.3) is 0 Å². The normalized spacial score (nSPS) is 11.4. The van der Waals surface area contributed by atoms with E-state index < -0.39 is 6.89 Å². The minimum atomic E-state index is -1.88. The molecule has 0 aliphatic carbocycles. The fraction of sp³-hybridized carbons (Fsp3) is 0.185. The topological polar surface area (TPSA) is 26.3 Å². The van der Waals surface area contributed by atoms with Gasteiger partial charge in [-0.15, -0.1) is 0 Å². The Morgan fingerprint density at radius 1 is 0.767 bits per heavy atom. The maximum atomic E-state index is 11.3. The molecule has 0 radical (unpaired) electrons. The van der Waals surface area contributed by atoms with Crippen molar-refractivity contribution in [2.75, 3.05) is 7.11 Å². The molecule has 3 rings (SSSR count). The molecule has 0 aliphatic heterocycles. The van der Waals surface area contributed by atoms with Crippen LogP contribution in [0, 0.1) is 0 Å². The predicted molar refractivity (Wildman–Crippen MR) is 131 cm³/mol. The summed E-state index contributed by atoms with van der Waals surface area (Å²) in [6.45, 7) is -1.88. The van der Waals surface area contributed by atoms with Gasteiger partial charge in [-0.25, -0.2) is 0 Å². The number of carbonyl (C=O) groups excluding carboxylic acids is 1. The highest BCUT2D eigenvalue weighted by molar-refractivity contribution is 7.94. The fourth-order valence-corrected chi connectivity index (χ4v) is 7.54. The van der Waals surface area contributed by atoms with Crippen molar-refractivity contribution in [1.29, 1.82) is 0 Å². The first-order chi connectivity index (χ1) is 14.8. The first-order valence-electron chi connectivity index (χ1n) is 10.4. The third kappa shape index (κ3) is 5.40. The Hall–Kier alpha value is -2.83. The first-order valence-corrected chi connectivity index (χ1v) is 12.2. The standard InChI is InChI=1S/C27H29O2P/c1-29-27(28)22-14-3-2-4-15-23-30(24-16-8-5-9-17-24,25-18-10-6-11-19-25)26-20-12-7-13-21-26/h2,4-13,16-21,23H,3,14-15,22H2,1H3/b4-2+. The van der Waals surface area contributed by atoms with E-state index in [4.69, 9.17) is 4.74 Å². The van der Waals surface area contributed by atoms with Gasteiger partial charge in [-0.05, 0) is 42.1 Å². The summed E-state index contributed by atoms with van der Waals surface area (Å²) < 4.78 is 4.70.